The Hall–Kier alpha value is -3.72. The third-order valence-corrected chi connectivity index (χ3v) is 6.70. The van der Waals surface area contributed by atoms with Crippen molar-refractivity contribution in [3.05, 3.63) is 75.3 Å². The highest BCUT2D eigenvalue weighted by Crippen LogP contribution is 2.35. The van der Waals surface area contributed by atoms with Gasteiger partial charge in [0.2, 0.25) is 6.79 Å². The molecule has 0 radical (unpaired) electrons. The zero-order chi connectivity index (χ0) is 26.2. The standard InChI is InChI=1S/C28H34N6O3/c1-6-7-23(26-30-31-32-34(26)28(3,4)5)33(15-19-9-11-24-25(13-19)37-17-36-24)16-21-14-20-12-18(2)8-10-22(20)29-27(21)35/h8-14,23H,6-7,15-17H2,1-5H3,(H,29,35). The van der Waals surface area contributed by atoms with Gasteiger partial charge in [0.25, 0.3) is 5.56 Å². The van der Waals surface area contributed by atoms with E-state index in [9.17, 15) is 4.79 Å². The van der Waals surface area contributed by atoms with Gasteiger partial charge in [-0.2, -0.15) is 0 Å². The van der Waals surface area contributed by atoms with Crippen LogP contribution in [0.15, 0.2) is 47.3 Å². The molecule has 1 aliphatic rings. The Morgan fingerprint density at radius 3 is 2.68 bits per heavy atom. The Morgan fingerprint density at radius 2 is 1.89 bits per heavy atom. The number of tetrazole rings is 1. The minimum atomic E-state index is -0.285. The molecule has 0 bridgehead atoms. The van der Waals surface area contributed by atoms with Crippen molar-refractivity contribution in [3.63, 3.8) is 0 Å². The molecule has 0 saturated carbocycles. The number of aromatic nitrogens is 5. The summed E-state index contributed by atoms with van der Waals surface area (Å²) in [5.74, 6) is 2.28. The van der Waals surface area contributed by atoms with Crippen LogP contribution in [0.3, 0.4) is 0 Å². The fourth-order valence-corrected chi connectivity index (χ4v) is 4.89. The maximum Gasteiger partial charge on any atom is 0.252 e. The van der Waals surface area contributed by atoms with Crippen LogP contribution in [0.4, 0.5) is 0 Å². The molecule has 0 saturated heterocycles. The summed E-state index contributed by atoms with van der Waals surface area (Å²) in [7, 11) is 0. The number of nitrogens with zero attached hydrogens (tertiary/aromatic N) is 5. The Labute approximate surface area is 216 Å². The van der Waals surface area contributed by atoms with Crippen LogP contribution in [0.1, 0.15) is 69.1 Å². The van der Waals surface area contributed by atoms with Crippen LogP contribution in [0.25, 0.3) is 10.9 Å². The average molecular weight is 503 g/mol. The van der Waals surface area contributed by atoms with Crippen molar-refractivity contribution in [2.45, 2.75) is 72.1 Å². The number of aromatic amines is 1. The van der Waals surface area contributed by atoms with Gasteiger partial charge in [-0.05, 0) is 85.8 Å². The van der Waals surface area contributed by atoms with Crippen molar-refractivity contribution in [1.29, 1.82) is 0 Å². The normalized spacial score (nSPS) is 14.0. The summed E-state index contributed by atoms with van der Waals surface area (Å²) < 4.78 is 13.0. The van der Waals surface area contributed by atoms with Gasteiger partial charge in [0.05, 0.1) is 11.6 Å². The van der Waals surface area contributed by atoms with Gasteiger partial charge in [0.15, 0.2) is 17.3 Å². The second-order valence-corrected chi connectivity index (χ2v) is 10.7. The molecular weight excluding hydrogens is 468 g/mol. The first-order chi connectivity index (χ1) is 17.7. The largest absolute Gasteiger partial charge is 0.454 e. The van der Waals surface area contributed by atoms with E-state index in [-0.39, 0.29) is 23.9 Å². The van der Waals surface area contributed by atoms with E-state index < -0.39 is 0 Å². The lowest BCUT2D eigenvalue weighted by Gasteiger charge is -2.33. The lowest BCUT2D eigenvalue weighted by molar-refractivity contribution is 0.148. The van der Waals surface area contributed by atoms with Gasteiger partial charge in [-0.3, -0.25) is 9.69 Å². The summed E-state index contributed by atoms with van der Waals surface area (Å²) in [5.41, 5.74) is 3.38. The summed E-state index contributed by atoms with van der Waals surface area (Å²) in [6.45, 7) is 11.7. The molecule has 1 unspecified atom stereocenters. The van der Waals surface area contributed by atoms with Gasteiger partial charge in [-0.15, -0.1) is 5.10 Å². The van der Waals surface area contributed by atoms with Crippen molar-refractivity contribution in [3.8, 4) is 11.5 Å². The molecule has 9 nitrogen and oxygen atoms in total. The lowest BCUT2D eigenvalue weighted by atomic mass is 10.0. The van der Waals surface area contributed by atoms with Crippen molar-refractivity contribution < 1.29 is 9.47 Å². The predicted octanol–water partition coefficient (Wildman–Crippen LogP) is 4.85. The highest BCUT2D eigenvalue weighted by Gasteiger charge is 2.30. The van der Waals surface area contributed by atoms with E-state index in [0.29, 0.717) is 18.7 Å². The molecule has 194 valence electrons. The van der Waals surface area contributed by atoms with Gasteiger partial charge in [0, 0.05) is 24.2 Å². The number of hydrogen-bond acceptors (Lipinski definition) is 7. The summed E-state index contributed by atoms with van der Waals surface area (Å²) >= 11 is 0. The zero-order valence-corrected chi connectivity index (χ0v) is 22.1. The molecule has 1 atom stereocenters. The van der Waals surface area contributed by atoms with Crippen LogP contribution in [-0.4, -0.2) is 36.9 Å². The van der Waals surface area contributed by atoms with Crippen LogP contribution >= 0.6 is 0 Å². The molecule has 3 heterocycles. The van der Waals surface area contributed by atoms with Gasteiger partial charge < -0.3 is 14.5 Å². The number of nitrogens with one attached hydrogen (secondary N) is 1. The first-order valence-electron chi connectivity index (χ1n) is 12.8. The third-order valence-electron chi connectivity index (χ3n) is 6.70. The van der Waals surface area contributed by atoms with E-state index in [1.54, 1.807) is 0 Å². The quantitative estimate of drug-likeness (QED) is 0.368. The fourth-order valence-electron chi connectivity index (χ4n) is 4.89. The van der Waals surface area contributed by atoms with Crippen LogP contribution < -0.4 is 15.0 Å². The Morgan fingerprint density at radius 1 is 1.08 bits per heavy atom. The van der Waals surface area contributed by atoms with Gasteiger partial charge >= 0.3 is 0 Å². The summed E-state index contributed by atoms with van der Waals surface area (Å²) in [4.78, 5) is 18.5. The molecule has 37 heavy (non-hydrogen) atoms. The first kappa shape index (κ1) is 25.0. The number of fused-ring (bicyclic) bond motifs is 2. The van der Waals surface area contributed by atoms with Crippen molar-refractivity contribution >= 4 is 10.9 Å². The van der Waals surface area contributed by atoms with Gasteiger partial charge in [-0.25, -0.2) is 4.68 Å². The Bertz CT molecular complexity index is 1470. The number of H-pyrrole nitrogens is 1. The molecule has 9 heteroatoms. The Kier molecular flexibility index (Phi) is 6.72. The van der Waals surface area contributed by atoms with Crippen LogP contribution in [0.5, 0.6) is 11.5 Å². The molecule has 2 aromatic heterocycles. The zero-order valence-electron chi connectivity index (χ0n) is 22.1. The highest BCUT2D eigenvalue weighted by atomic mass is 16.7. The van der Waals surface area contributed by atoms with Crippen LogP contribution in [-0.2, 0) is 18.6 Å². The topological polar surface area (TPSA) is 98.2 Å². The second kappa shape index (κ2) is 9.97. The predicted molar refractivity (Wildman–Crippen MR) is 142 cm³/mol. The van der Waals surface area contributed by atoms with Crippen molar-refractivity contribution in [1.82, 2.24) is 30.1 Å². The third kappa shape index (κ3) is 5.22. The molecule has 1 aliphatic heterocycles. The molecule has 5 rings (SSSR count). The fraction of sp³-hybridized carbons (Fsp3) is 0.429. The molecule has 0 spiro atoms. The maximum absolute atomic E-state index is 13.2. The van der Waals surface area contributed by atoms with E-state index in [1.807, 2.05) is 41.1 Å². The molecule has 1 N–H and O–H groups in total. The SMILES string of the molecule is CCCC(c1nnnn1C(C)(C)C)N(Cc1ccc2c(c1)OCO2)Cc1cc2cc(C)ccc2[nH]c1=O. The monoisotopic (exact) mass is 502 g/mol. The average Bonchev–Trinajstić information content (AvgIpc) is 3.52. The molecule has 2 aromatic carbocycles. The molecule has 0 fully saturated rings. The van der Waals surface area contributed by atoms with E-state index in [2.05, 4.69) is 66.1 Å². The highest BCUT2D eigenvalue weighted by molar-refractivity contribution is 5.79. The van der Waals surface area contributed by atoms with Crippen LogP contribution in [0, 0.1) is 6.92 Å². The number of pyridine rings is 1. The molecule has 4 aromatic rings. The number of aryl methyl sites for hydroxylation is 1. The van der Waals surface area contributed by atoms with E-state index in [4.69, 9.17) is 9.47 Å². The summed E-state index contributed by atoms with van der Waals surface area (Å²) in [6.07, 6.45) is 1.78. The lowest BCUT2D eigenvalue weighted by Crippen LogP contribution is -2.35. The van der Waals surface area contributed by atoms with E-state index in [0.717, 1.165) is 52.2 Å². The van der Waals surface area contributed by atoms with Crippen molar-refractivity contribution in [2.75, 3.05) is 6.79 Å². The van der Waals surface area contributed by atoms with Gasteiger partial charge in [-0.1, -0.05) is 31.0 Å². The van der Waals surface area contributed by atoms with Crippen LogP contribution in [0.2, 0.25) is 0 Å². The molecule has 0 amide bonds. The maximum atomic E-state index is 13.2. The number of ether oxygens (including phenoxy) is 2. The molecular formula is C28H34N6O3. The first-order valence-corrected chi connectivity index (χ1v) is 12.8. The Balaban J connectivity index is 1.58. The molecule has 0 aliphatic carbocycles. The number of rotatable bonds is 8. The van der Waals surface area contributed by atoms with E-state index >= 15 is 0 Å². The smallest absolute Gasteiger partial charge is 0.252 e. The minimum Gasteiger partial charge on any atom is -0.454 e. The van der Waals surface area contributed by atoms with Gasteiger partial charge in [0.1, 0.15) is 0 Å². The summed E-state index contributed by atoms with van der Waals surface area (Å²) in [5, 5.41) is 13.9. The minimum absolute atomic E-state index is 0.0855. The van der Waals surface area contributed by atoms with E-state index in [1.165, 1.54) is 0 Å². The number of hydrogen-bond donors (Lipinski definition) is 1. The number of benzene rings is 2. The summed E-state index contributed by atoms with van der Waals surface area (Å²) in [6, 6.07) is 14.0. The van der Waals surface area contributed by atoms with Crippen molar-refractivity contribution in [2.24, 2.45) is 0 Å². The second-order valence-electron chi connectivity index (χ2n) is 10.7.